The lowest BCUT2D eigenvalue weighted by atomic mass is 10.1. The third-order valence-electron chi connectivity index (χ3n) is 1.31. The average molecular weight is 131 g/mol. The zero-order valence-corrected chi connectivity index (χ0v) is 6.09. The number of aliphatic hydroxyl groups excluding tert-OH is 2. The molecule has 0 aromatic rings. The molecule has 0 rings (SSSR count). The van der Waals surface area contributed by atoms with E-state index in [1.807, 2.05) is 13.8 Å². The van der Waals surface area contributed by atoms with Gasteiger partial charge >= 0.3 is 0 Å². The molecule has 55 valence electrons. The normalized spacial score (nSPS) is 14.3. The zero-order valence-electron chi connectivity index (χ0n) is 6.09. The van der Waals surface area contributed by atoms with Gasteiger partial charge in [-0.05, 0) is 12.8 Å². The molecule has 0 aromatic heterocycles. The highest BCUT2D eigenvalue weighted by Crippen LogP contribution is 2.11. The van der Waals surface area contributed by atoms with Crippen LogP contribution in [0.15, 0.2) is 0 Å². The first-order valence-electron chi connectivity index (χ1n) is 3.45. The topological polar surface area (TPSA) is 40.5 Å². The number of rotatable bonds is 4. The van der Waals surface area contributed by atoms with Crippen molar-refractivity contribution in [3.8, 4) is 0 Å². The summed E-state index contributed by atoms with van der Waals surface area (Å²) in [6.07, 6.45) is 1.74. The highest BCUT2D eigenvalue weighted by Gasteiger charge is 2.12. The smallest absolute Gasteiger partial charge is 0.121 e. The van der Waals surface area contributed by atoms with Crippen LogP contribution in [-0.4, -0.2) is 16.3 Å². The van der Waals surface area contributed by atoms with E-state index < -0.39 is 6.10 Å². The van der Waals surface area contributed by atoms with E-state index in [4.69, 9.17) is 10.2 Å². The van der Waals surface area contributed by atoms with Crippen LogP contribution in [0.1, 0.15) is 33.1 Å². The molecule has 0 amide bonds. The van der Waals surface area contributed by atoms with Crippen LogP contribution in [0.2, 0.25) is 0 Å². The summed E-state index contributed by atoms with van der Waals surface area (Å²) in [7, 11) is 0. The highest BCUT2D eigenvalue weighted by molar-refractivity contribution is 4.82. The molecule has 1 radical (unpaired) electrons. The van der Waals surface area contributed by atoms with E-state index in [1.54, 1.807) is 0 Å². The molecule has 0 saturated heterocycles. The Balaban J connectivity index is 3.32. The maximum absolute atomic E-state index is 9.03. The summed E-state index contributed by atoms with van der Waals surface area (Å²) in [4.78, 5) is 0. The van der Waals surface area contributed by atoms with Crippen molar-refractivity contribution in [2.75, 3.05) is 0 Å². The van der Waals surface area contributed by atoms with E-state index >= 15 is 0 Å². The molecule has 0 fully saturated rings. The van der Waals surface area contributed by atoms with Crippen LogP contribution in [0.3, 0.4) is 0 Å². The lowest BCUT2D eigenvalue weighted by Crippen LogP contribution is -2.16. The predicted octanol–water partition coefficient (Wildman–Crippen LogP) is 1.46. The Kier molecular flexibility index (Phi) is 4.72. The van der Waals surface area contributed by atoms with Gasteiger partial charge in [-0.1, -0.05) is 20.3 Å². The maximum atomic E-state index is 9.03. The van der Waals surface area contributed by atoms with Gasteiger partial charge in [-0.2, -0.15) is 0 Å². The van der Waals surface area contributed by atoms with Crippen molar-refractivity contribution in [2.24, 2.45) is 0 Å². The molecule has 0 aromatic carbocycles. The van der Waals surface area contributed by atoms with Crippen LogP contribution in [-0.2, 0) is 0 Å². The first-order chi connectivity index (χ1) is 4.22. The Morgan fingerprint density at radius 2 is 2.00 bits per heavy atom. The van der Waals surface area contributed by atoms with Gasteiger partial charge in [0.2, 0.25) is 0 Å². The van der Waals surface area contributed by atoms with Gasteiger partial charge in [0, 0.05) is 0 Å². The van der Waals surface area contributed by atoms with E-state index in [-0.39, 0.29) is 6.10 Å². The second-order valence-electron chi connectivity index (χ2n) is 2.15. The van der Waals surface area contributed by atoms with Crippen molar-refractivity contribution < 1.29 is 10.2 Å². The van der Waals surface area contributed by atoms with Crippen molar-refractivity contribution in [1.29, 1.82) is 0 Å². The van der Waals surface area contributed by atoms with E-state index in [0.29, 0.717) is 12.8 Å². The number of hydrogen-bond donors (Lipinski definition) is 2. The van der Waals surface area contributed by atoms with Gasteiger partial charge in [0.05, 0.1) is 6.10 Å². The summed E-state index contributed by atoms with van der Waals surface area (Å²) >= 11 is 0. The van der Waals surface area contributed by atoms with Crippen LogP contribution < -0.4 is 0 Å². The van der Waals surface area contributed by atoms with Gasteiger partial charge in [0.25, 0.3) is 0 Å². The third kappa shape index (κ3) is 3.49. The minimum absolute atomic E-state index is 0.205. The van der Waals surface area contributed by atoms with Gasteiger partial charge < -0.3 is 10.2 Å². The Morgan fingerprint density at radius 3 is 2.33 bits per heavy atom. The van der Waals surface area contributed by atoms with Crippen LogP contribution in [0, 0.1) is 6.10 Å². The second kappa shape index (κ2) is 4.77. The Labute approximate surface area is 56.5 Å². The molecule has 2 N–H and O–H groups in total. The summed E-state index contributed by atoms with van der Waals surface area (Å²) in [5, 5.41) is 18.0. The molecule has 0 heterocycles. The maximum Gasteiger partial charge on any atom is 0.121 e. The fourth-order valence-electron chi connectivity index (χ4n) is 0.676. The van der Waals surface area contributed by atoms with Gasteiger partial charge in [-0.3, -0.25) is 0 Å². The highest BCUT2D eigenvalue weighted by atomic mass is 16.3. The molecule has 0 spiro atoms. The van der Waals surface area contributed by atoms with Crippen molar-refractivity contribution in [3.05, 3.63) is 6.10 Å². The molecule has 9 heavy (non-hydrogen) atoms. The van der Waals surface area contributed by atoms with Crippen LogP contribution >= 0.6 is 0 Å². The first-order valence-corrected chi connectivity index (χ1v) is 3.45. The van der Waals surface area contributed by atoms with Crippen molar-refractivity contribution in [1.82, 2.24) is 0 Å². The molecule has 0 bridgehead atoms. The van der Waals surface area contributed by atoms with E-state index in [2.05, 4.69) is 0 Å². The molecular weight excluding hydrogens is 116 g/mol. The van der Waals surface area contributed by atoms with Gasteiger partial charge in [0.1, 0.15) is 6.10 Å². The molecule has 0 aliphatic carbocycles. The first kappa shape index (κ1) is 8.92. The summed E-state index contributed by atoms with van der Waals surface area (Å²) in [6.45, 7) is 3.81. The molecule has 0 saturated carbocycles. The molecule has 1 atom stereocenters. The van der Waals surface area contributed by atoms with Crippen LogP contribution in [0.4, 0.5) is 0 Å². The lowest BCUT2D eigenvalue weighted by Gasteiger charge is -2.12. The quantitative estimate of drug-likeness (QED) is 0.606. The van der Waals surface area contributed by atoms with E-state index in [9.17, 15) is 0 Å². The lowest BCUT2D eigenvalue weighted by molar-refractivity contribution is 0.0867. The SMILES string of the molecule is CCCC(O)[C](O)CC. The fourth-order valence-corrected chi connectivity index (χ4v) is 0.676. The average Bonchev–Trinajstić information content (AvgIpc) is 1.87. The monoisotopic (exact) mass is 131 g/mol. The largest absolute Gasteiger partial charge is 0.390 e. The molecule has 2 heteroatoms. The van der Waals surface area contributed by atoms with Crippen molar-refractivity contribution >= 4 is 0 Å². The summed E-state index contributed by atoms with van der Waals surface area (Å²) < 4.78 is 0. The minimum atomic E-state index is -0.597. The summed E-state index contributed by atoms with van der Waals surface area (Å²) in [5.41, 5.74) is 0. The van der Waals surface area contributed by atoms with Crippen molar-refractivity contribution in [3.63, 3.8) is 0 Å². The summed E-state index contributed by atoms with van der Waals surface area (Å²) in [6, 6.07) is 0. The van der Waals surface area contributed by atoms with E-state index in [0.717, 1.165) is 6.42 Å². The van der Waals surface area contributed by atoms with E-state index in [1.165, 1.54) is 0 Å². The Hall–Kier alpha value is -0.0800. The molecule has 1 unspecified atom stereocenters. The standard InChI is InChI=1S/C7H15O2/c1-3-5-7(9)6(8)4-2/h7-9H,3-5H2,1-2H3. The molecular formula is C7H15O2. The molecule has 2 nitrogen and oxygen atoms in total. The Morgan fingerprint density at radius 1 is 1.44 bits per heavy atom. The zero-order chi connectivity index (χ0) is 7.28. The Bertz CT molecular complexity index is 63.9. The molecule has 0 aliphatic rings. The number of aliphatic hydroxyl groups is 2. The predicted molar refractivity (Wildman–Crippen MR) is 36.4 cm³/mol. The fraction of sp³-hybridized carbons (Fsp3) is 0.857. The van der Waals surface area contributed by atoms with Gasteiger partial charge in [0.15, 0.2) is 0 Å². The number of hydrogen-bond acceptors (Lipinski definition) is 2. The van der Waals surface area contributed by atoms with Gasteiger partial charge in [-0.25, -0.2) is 0 Å². The minimum Gasteiger partial charge on any atom is -0.390 e. The second-order valence-corrected chi connectivity index (χ2v) is 2.15. The van der Waals surface area contributed by atoms with Crippen LogP contribution in [0.5, 0.6) is 0 Å². The van der Waals surface area contributed by atoms with Gasteiger partial charge in [-0.15, -0.1) is 0 Å². The molecule has 0 aliphatic heterocycles. The van der Waals surface area contributed by atoms with Crippen LogP contribution in [0.25, 0.3) is 0 Å². The third-order valence-corrected chi connectivity index (χ3v) is 1.31. The van der Waals surface area contributed by atoms with Crippen molar-refractivity contribution in [2.45, 2.75) is 39.2 Å². The summed E-state index contributed by atoms with van der Waals surface area (Å²) in [5.74, 6) is 0.